The van der Waals surface area contributed by atoms with E-state index in [1.165, 1.54) is 83.4 Å². The molecule has 2 heterocycles. The fourth-order valence-electron chi connectivity index (χ4n) is 9.99. The largest absolute Gasteiger partial charge is 0.347 e. The third-order valence-electron chi connectivity index (χ3n) is 12.7. The van der Waals surface area contributed by atoms with E-state index in [1.54, 1.807) is 0 Å². The molecule has 0 saturated carbocycles. The molecule has 0 radical (unpaired) electrons. The van der Waals surface area contributed by atoms with Gasteiger partial charge >= 0.3 is 0 Å². The number of rotatable bonds is 6. The number of para-hydroxylation sites is 2. The highest BCUT2D eigenvalue weighted by atomic mass is 15.2. The van der Waals surface area contributed by atoms with Gasteiger partial charge in [-0.3, -0.25) is 0 Å². The Balaban J connectivity index is 1.19. The molecule has 0 saturated heterocycles. The molecule has 3 nitrogen and oxygen atoms in total. The zero-order valence-corrected chi connectivity index (χ0v) is 34.1. The van der Waals surface area contributed by atoms with Crippen molar-refractivity contribution in [2.75, 3.05) is 23.9 Å². The van der Waals surface area contributed by atoms with Crippen LogP contribution in [-0.4, -0.2) is 24.4 Å². The number of hydrogen-bond donors (Lipinski definition) is 0. The van der Waals surface area contributed by atoms with E-state index in [2.05, 4.69) is 216 Å². The Hall–Kier alpha value is -5.93. The van der Waals surface area contributed by atoms with E-state index >= 15 is 0 Å². The molecule has 0 atom stereocenters. The molecule has 2 aliphatic heterocycles. The van der Waals surface area contributed by atoms with Crippen LogP contribution in [0.25, 0.3) is 21.5 Å². The molecule has 6 aromatic rings. The maximum Gasteiger partial charge on any atom is 0.210 e. The second-order valence-electron chi connectivity index (χ2n) is 17.1. The second kappa shape index (κ2) is 13.4. The average molecular weight is 731 g/mol. The van der Waals surface area contributed by atoms with Crippen molar-refractivity contribution in [2.24, 2.45) is 0 Å². The molecular weight excluding hydrogens is 679 g/mol. The summed E-state index contributed by atoms with van der Waals surface area (Å²) in [5.41, 5.74) is 16.6. The van der Waals surface area contributed by atoms with E-state index in [4.69, 9.17) is 0 Å². The van der Waals surface area contributed by atoms with Gasteiger partial charge in [-0.2, -0.15) is 4.58 Å². The van der Waals surface area contributed by atoms with Crippen molar-refractivity contribution < 1.29 is 4.58 Å². The van der Waals surface area contributed by atoms with E-state index in [1.807, 2.05) is 0 Å². The van der Waals surface area contributed by atoms with Gasteiger partial charge in [0.25, 0.3) is 0 Å². The molecule has 0 fully saturated rings. The first-order valence-electron chi connectivity index (χ1n) is 20.1. The van der Waals surface area contributed by atoms with E-state index in [0.717, 1.165) is 24.2 Å². The molecule has 0 spiro atoms. The summed E-state index contributed by atoms with van der Waals surface area (Å²) < 4.78 is 2.41. The van der Waals surface area contributed by atoms with Gasteiger partial charge in [-0.15, -0.1) is 0 Å². The van der Waals surface area contributed by atoms with Crippen LogP contribution >= 0.6 is 0 Å². The Morgan fingerprint density at radius 2 is 1.21 bits per heavy atom. The quantitative estimate of drug-likeness (QED) is 0.158. The van der Waals surface area contributed by atoms with Crippen LogP contribution in [0.5, 0.6) is 0 Å². The zero-order chi connectivity index (χ0) is 38.9. The molecule has 9 rings (SSSR count). The molecular formula is C53H52N3+. The second-order valence-corrected chi connectivity index (χ2v) is 17.1. The lowest BCUT2D eigenvalue weighted by atomic mass is 9.78. The predicted molar refractivity (Wildman–Crippen MR) is 239 cm³/mol. The number of benzene rings is 6. The first-order valence-corrected chi connectivity index (χ1v) is 20.1. The Labute approximate surface area is 332 Å². The van der Waals surface area contributed by atoms with Crippen molar-refractivity contribution in [3.8, 4) is 0 Å². The highest BCUT2D eigenvalue weighted by molar-refractivity contribution is 6.08. The van der Waals surface area contributed by atoms with Crippen molar-refractivity contribution in [1.82, 2.24) is 0 Å². The Kier molecular flexibility index (Phi) is 8.54. The first-order chi connectivity index (χ1) is 26.9. The molecule has 0 unspecified atom stereocenters. The monoisotopic (exact) mass is 730 g/mol. The third-order valence-corrected chi connectivity index (χ3v) is 12.7. The van der Waals surface area contributed by atoms with Crippen molar-refractivity contribution >= 4 is 50.0 Å². The van der Waals surface area contributed by atoms with E-state index in [9.17, 15) is 0 Å². The molecule has 3 heteroatoms. The summed E-state index contributed by atoms with van der Waals surface area (Å²) in [7, 11) is 4.47. The standard InChI is InChI=1S/C53H52N3/c1-35-19-27-43-39(33-35)23-29-45-49(43)52(3,4)47(54(45)7)31-25-37-21-22-38(51(37)56(41-15-11-9-12-16-41)42-17-13-10-14-18-42)26-32-48-53(5,6)50-44-28-20-36(2)34-40(44)24-30-46(50)55(48)8/h9-20,23-34H,21-22H2,1-8H3/q+1. The summed E-state index contributed by atoms with van der Waals surface area (Å²) in [6, 6.07) is 44.7. The summed E-state index contributed by atoms with van der Waals surface area (Å²) in [5, 5.41) is 5.31. The van der Waals surface area contributed by atoms with Crippen LogP contribution in [0.3, 0.4) is 0 Å². The van der Waals surface area contributed by atoms with Crippen LogP contribution in [-0.2, 0) is 10.8 Å². The van der Waals surface area contributed by atoms with Crippen LogP contribution in [0, 0.1) is 13.8 Å². The fraction of sp³-hybridized carbons (Fsp3) is 0.226. The van der Waals surface area contributed by atoms with Gasteiger partial charge in [0.05, 0.1) is 11.1 Å². The van der Waals surface area contributed by atoms with Crippen molar-refractivity contribution in [3.63, 3.8) is 0 Å². The predicted octanol–water partition coefficient (Wildman–Crippen LogP) is 13.3. The smallest absolute Gasteiger partial charge is 0.210 e. The third kappa shape index (κ3) is 5.67. The Bertz CT molecular complexity index is 2680. The average Bonchev–Trinajstić information content (AvgIpc) is 3.74. The molecule has 3 aliphatic rings. The van der Waals surface area contributed by atoms with Crippen LogP contribution in [0.2, 0.25) is 0 Å². The summed E-state index contributed by atoms with van der Waals surface area (Å²) in [4.78, 5) is 4.89. The molecule has 0 amide bonds. The van der Waals surface area contributed by atoms with Crippen LogP contribution in [0.4, 0.5) is 22.7 Å². The highest BCUT2D eigenvalue weighted by Gasteiger charge is 2.44. The topological polar surface area (TPSA) is 9.49 Å². The van der Waals surface area contributed by atoms with Gasteiger partial charge in [-0.25, -0.2) is 0 Å². The SMILES string of the molecule is Cc1ccc2c3c(ccc2c1)[N+](C)=C(/C=C/C1=C(N(c2ccccc2)c2ccccc2)C(=C/C=C2/N(C)c4ccc5cc(C)ccc5c4C2(C)C)/CC1)C3(C)C. The summed E-state index contributed by atoms with van der Waals surface area (Å²) in [6.07, 6.45) is 11.6. The minimum absolute atomic E-state index is 0.160. The highest BCUT2D eigenvalue weighted by Crippen LogP contribution is 2.51. The van der Waals surface area contributed by atoms with E-state index in [-0.39, 0.29) is 10.8 Å². The van der Waals surface area contributed by atoms with Crippen molar-refractivity contribution in [2.45, 2.75) is 65.2 Å². The van der Waals surface area contributed by atoms with Crippen molar-refractivity contribution in [1.29, 1.82) is 0 Å². The Morgan fingerprint density at radius 3 is 1.84 bits per heavy atom. The van der Waals surface area contributed by atoms with Gasteiger partial charge in [-0.1, -0.05) is 116 Å². The molecule has 0 bridgehead atoms. The summed E-state index contributed by atoms with van der Waals surface area (Å²) in [5.74, 6) is 0. The Morgan fingerprint density at radius 1 is 0.625 bits per heavy atom. The number of fused-ring (bicyclic) bond motifs is 6. The molecule has 6 aromatic carbocycles. The van der Waals surface area contributed by atoms with Gasteiger partial charge in [-0.05, 0) is 121 Å². The van der Waals surface area contributed by atoms with Crippen LogP contribution in [0.1, 0.15) is 62.8 Å². The summed E-state index contributed by atoms with van der Waals surface area (Å²) >= 11 is 0. The molecule has 278 valence electrons. The number of likely N-dealkylation sites (N-methyl/N-ethyl adjacent to an activating group) is 1. The molecule has 1 aliphatic carbocycles. The van der Waals surface area contributed by atoms with Crippen molar-refractivity contribution in [3.05, 3.63) is 190 Å². The van der Waals surface area contributed by atoms with Gasteiger partial charge in [0, 0.05) is 52.9 Å². The number of anilines is 3. The first kappa shape index (κ1) is 35.8. The number of allylic oxidation sites excluding steroid dienone is 7. The lowest BCUT2D eigenvalue weighted by molar-refractivity contribution is -0.401. The minimum atomic E-state index is -0.160. The number of hydrogen-bond acceptors (Lipinski definition) is 2. The lowest BCUT2D eigenvalue weighted by Crippen LogP contribution is -2.27. The number of nitrogens with zero attached hydrogens (tertiary/aromatic N) is 3. The van der Waals surface area contributed by atoms with E-state index in [0.29, 0.717) is 0 Å². The molecule has 0 N–H and O–H groups in total. The normalized spacial score (nSPS) is 18.7. The summed E-state index contributed by atoms with van der Waals surface area (Å²) in [6.45, 7) is 13.9. The minimum Gasteiger partial charge on any atom is -0.347 e. The van der Waals surface area contributed by atoms with Crippen LogP contribution in [0.15, 0.2) is 168 Å². The van der Waals surface area contributed by atoms with Gasteiger partial charge in [0.15, 0.2) is 5.71 Å². The zero-order valence-electron chi connectivity index (χ0n) is 34.1. The lowest BCUT2D eigenvalue weighted by Gasteiger charge is -2.29. The van der Waals surface area contributed by atoms with Crippen LogP contribution < -0.4 is 9.80 Å². The maximum atomic E-state index is 2.48. The molecule has 0 aromatic heterocycles. The van der Waals surface area contributed by atoms with Gasteiger partial charge in [0.1, 0.15) is 7.05 Å². The number of aryl methyl sites for hydroxylation is 2. The van der Waals surface area contributed by atoms with Gasteiger partial charge in [0.2, 0.25) is 5.69 Å². The van der Waals surface area contributed by atoms with Gasteiger partial charge < -0.3 is 9.80 Å². The maximum absolute atomic E-state index is 2.48. The molecule has 56 heavy (non-hydrogen) atoms. The fourth-order valence-corrected chi connectivity index (χ4v) is 9.99. The van der Waals surface area contributed by atoms with E-state index < -0.39 is 0 Å².